The van der Waals surface area contributed by atoms with Gasteiger partial charge < -0.3 is 15.1 Å². The van der Waals surface area contributed by atoms with E-state index in [2.05, 4.69) is 10.6 Å². The van der Waals surface area contributed by atoms with Crippen LogP contribution in [0.2, 0.25) is 5.02 Å². The Morgan fingerprint density at radius 3 is 2.80 bits per heavy atom. The molecule has 0 aliphatic carbocycles. The lowest BCUT2D eigenvalue weighted by molar-refractivity contribution is -0.134. The van der Waals surface area contributed by atoms with Crippen molar-refractivity contribution in [3.63, 3.8) is 0 Å². The molecule has 1 atom stereocenters. The van der Waals surface area contributed by atoms with E-state index in [9.17, 15) is 18.8 Å². The van der Waals surface area contributed by atoms with Crippen molar-refractivity contribution in [3.8, 4) is 0 Å². The maximum Gasteiger partial charge on any atom is 0.325 e. The Labute approximate surface area is 146 Å². The van der Waals surface area contributed by atoms with Crippen LogP contribution in [-0.4, -0.2) is 29.3 Å². The van der Waals surface area contributed by atoms with Crippen LogP contribution in [0.3, 0.4) is 0 Å². The lowest BCUT2D eigenvalue weighted by atomic mass is 9.99. The van der Waals surface area contributed by atoms with Crippen LogP contribution in [0.25, 0.3) is 0 Å². The van der Waals surface area contributed by atoms with Crippen LogP contribution in [0.5, 0.6) is 0 Å². The molecule has 1 aromatic heterocycles. The van der Waals surface area contributed by atoms with Gasteiger partial charge in [0.15, 0.2) is 5.54 Å². The third kappa shape index (κ3) is 3.08. The molecule has 1 aliphatic heterocycles. The Kier molecular flexibility index (Phi) is 4.22. The number of nitrogens with one attached hydrogen (secondary N) is 2. The molecule has 2 N–H and O–H groups in total. The SMILES string of the molecule is CC1(c2ccco2)NC(=O)N(CC(=O)Nc2ccc(F)c(Cl)c2)C1=O. The molecule has 7 nitrogen and oxygen atoms in total. The summed E-state index contributed by atoms with van der Waals surface area (Å²) in [5.74, 6) is -1.60. The molecule has 2 aromatic rings. The second-order valence-corrected chi connectivity index (χ2v) is 6.01. The third-order valence-electron chi connectivity index (χ3n) is 3.79. The van der Waals surface area contributed by atoms with E-state index in [0.29, 0.717) is 0 Å². The molecule has 1 aliphatic rings. The van der Waals surface area contributed by atoms with Gasteiger partial charge >= 0.3 is 6.03 Å². The van der Waals surface area contributed by atoms with E-state index in [1.807, 2.05) is 0 Å². The highest BCUT2D eigenvalue weighted by atomic mass is 35.5. The third-order valence-corrected chi connectivity index (χ3v) is 4.08. The number of anilines is 1. The lowest BCUT2D eigenvalue weighted by Gasteiger charge is -2.18. The van der Waals surface area contributed by atoms with Gasteiger partial charge in [0, 0.05) is 5.69 Å². The van der Waals surface area contributed by atoms with Crippen LogP contribution in [0.4, 0.5) is 14.9 Å². The minimum Gasteiger partial charge on any atom is -0.466 e. The molecule has 3 rings (SSSR count). The molecule has 2 heterocycles. The molecule has 1 fully saturated rings. The summed E-state index contributed by atoms with van der Waals surface area (Å²) >= 11 is 5.64. The van der Waals surface area contributed by atoms with Gasteiger partial charge in [-0.05, 0) is 37.3 Å². The smallest absolute Gasteiger partial charge is 0.325 e. The largest absolute Gasteiger partial charge is 0.466 e. The Bertz CT molecular complexity index is 855. The molecule has 130 valence electrons. The van der Waals surface area contributed by atoms with Crippen LogP contribution in [0, 0.1) is 5.82 Å². The minimum atomic E-state index is -1.37. The van der Waals surface area contributed by atoms with Gasteiger partial charge in [-0.25, -0.2) is 9.18 Å². The van der Waals surface area contributed by atoms with E-state index in [-0.39, 0.29) is 16.5 Å². The zero-order valence-corrected chi connectivity index (χ0v) is 13.8. The van der Waals surface area contributed by atoms with Gasteiger partial charge in [0.1, 0.15) is 18.1 Å². The quantitative estimate of drug-likeness (QED) is 0.814. The molecular weight excluding hydrogens is 353 g/mol. The summed E-state index contributed by atoms with van der Waals surface area (Å²) in [6.45, 7) is 0.986. The summed E-state index contributed by atoms with van der Waals surface area (Å²) in [7, 11) is 0. The summed E-state index contributed by atoms with van der Waals surface area (Å²) in [6, 6.07) is 6.08. The van der Waals surface area contributed by atoms with Crippen LogP contribution in [-0.2, 0) is 15.1 Å². The zero-order valence-electron chi connectivity index (χ0n) is 13.0. The first kappa shape index (κ1) is 17.0. The summed E-state index contributed by atoms with van der Waals surface area (Å²) < 4.78 is 18.3. The Morgan fingerprint density at radius 2 is 2.16 bits per heavy atom. The summed E-state index contributed by atoms with van der Waals surface area (Å²) in [5.41, 5.74) is -1.13. The first-order chi connectivity index (χ1) is 11.8. The van der Waals surface area contributed by atoms with E-state index in [1.54, 1.807) is 12.1 Å². The number of furan rings is 1. The molecule has 0 radical (unpaired) electrons. The standard InChI is InChI=1S/C16H13ClFN3O4/c1-16(12-3-2-6-25-12)14(23)21(15(24)20-16)8-13(22)19-9-4-5-11(18)10(17)7-9/h2-7H,8H2,1H3,(H,19,22)(H,20,24). The lowest BCUT2D eigenvalue weighted by Crippen LogP contribution is -2.41. The fourth-order valence-corrected chi connectivity index (χ4v) is 2.67. The highest BCUT2D eigenvalue weighted by Gasteiger charge is 2.51. The number of carbonyl (C=O) groups excluding carboxylic acids is 3. The zero-order chi connectivity index (χ0) is 18.2. The number of imide groups is 1. The molecular formula is C16H13ClFN3O4. The number of urea groups is 1. The second-order valence-electron chi connectivity index (χ2n) is 5.60. The van der Waals surface area contributed by atoms with E-state index in [1.165, 1.54) is 25.3 Å². The van der Waals surface area contributed by atoms with Crippen molar-refractivity contribution in [2.24, 2.45) is 0 Å². The first-order valence-corrected chi connectivity index (χ1v) is 7.62. The van der Waals surface area contributed by atoms with Crippen molar-refractivity contribution < 1.29 is 23.2 Å². The highest BCUT2D eigenvalue weighted by molar-refractivity contribution is 6.31. The highest BCUT2D eigenvalue weighted by Crippen LogP contribution is 2.29. The number of amides is 4. The van der Waals surface area contributed by atoms with Gasteiger partial charge in [-0.1, -0.05) is 11.6 Å². The van der Waals surface area contributed by atoms with Gasteiger partial charge in [0.25, 0.3) is 5.91 Å². The second kappa shape index (κ2) is 6.21. The van der Waals surface area contributed by atoms with Crippen LogP contribution < -0.4 is 10.6 Å². The molecule has 0 bridgehead atoms. The Hall–Kier alpha value is -2.87. The predicted molar refractivity (Wildman–Crippen MR) is 86.3 cm³/mol. The van der Waals surface area contributed by atoms with Gasteiger partial charge in [0.2, 0.25) is 5.91 Å². The fourth-order valence-electron chi connectivity index (χ4n) is 2.49. The summed E-state index contributed by atoms with van der Waals surface area (Å²) in [6.07, 6.45) is 1.38. The topological polar surface area (TPSA) is 91.7 Å². The number of hydrogen-bond donors (Lipinski definition) is 2. The molecule has 1 unspecified atom stereocenters. The number of benzene rings is 1. The molecule has 0 spiro atoms. The van der Waals surface area contributed by atoms with E-state index in [4.69, 9.17) is 16.0 Å². The number of halogens is 2. The minimum absolute atomic E-state index is 0.154. The van der Waals surface area contributed by atoms with Crippen LogP contribution >= 0.6 is 11.6 Å². The van der Waals surface area contributed by atoms with Gasteiger partial charge in [-0.15, -0.1) is 0 Å². The average Bonchev–Trinajstić information content (AvgIpc) is 3.16. The van der Waals surface area contributed by atoms with Gasteiger partial charge in [0.05, 0.1) is 11.3 Å². The number of rotatable bonds is 4. The maximum atomic E-state index is 13.1. The molecule has 1 saturated heterocycles. The molecule has 1 aromatic carbocycles. The monoisotopic (exact) mass is 365 g/mol. The van der Waals surface area contributed by atoms with E-state index < -0.39 is 35.7 Å². The van der Waals surface area contributed by atoms with E-state index in [0.717, 1.165) is 11.0 Å². The van der Waals surface area contributed by atoms with E-state index >= 15 is 0 Å². The average molecular weight is 366 g/mol. The molecule has 25 heavy (non-hydrogen) atoms. The van der Waals surface area contributed by atoms with Gasteiger partial charge in [-0.3, -0.25) is 14.5 Å². The molecule has 9 heteroatoms. The van der Waals surface area contributed by atoms with Crippen LogP contribution in [0.15, 0.2) is 41.0 Å². The maximum absolute atomic E-state index is 13.1. The summed E-state index contributed by atoms with van der Waals surface area (Å²) in [4.78, 5) is 37.5. The predicted octanol–water partition coefficient (Wildman–Crippen LogP) is 2.48. The summed E-state index contributed by atoms with van der Waals surface area (Å²) in [5, 5.41) is 4.81. The Morgan fingerprint density at radius 1 is 1.40 bits per heavy atom. The first-order valence-electron chi connectivity index (χ1n) is 7.24. The van der Waals surface area contributed by atoms with Crippen molar-refractivity contribution in [1.82, 2.24) is 10.2 Å². The van der Waals surface area contributed by atoms with Crippen molar-refractivity contribution in [1.29, 1.82) is 0 Å². The van der Waals surface area contributed by atoms with Crippen molar-refractivity contribution in [2.45, 2.75) is 12.5 Å². The Balaban J connectivity index is 1.72. The fraction of sp³-hybridized carbons (Fsp3) is 0.188. The number of hydrogen-bond acceptors (Lipinski definition) is 4. The number of nitrogens with zero attached hydrogens (tertiary/aromatic N) is 1. The normalized spacial score (nSPS) is 19.9. The van der Waals surface area contributed by atoms with Crippen LogP contribution in [0.1, 0.15) is 12.7 Å². The van der Waals surface area contributed by atoms with Gasteiger partial charge in [-0.2, -0.15) is 0 Å². The van der Waals surface area contributed by atoms with Crippen molar-refractivity contribution in [2.75, 3.05) is 11.9 Å². The van der Waals surface area contributed by atoms with Crippen molar-refractivity contribution in [3.05, 3.63) is 53.2 Å². The molecule has 0 saturated carbocycles. The van der Waals surface area contributed by atoms with Crippen molar-refractivity contribution >= 4 is 35.1 Å². The number of carbonyl (C=O) groups is 3. The molecule has 4 amide bonds.